The van der Waals surface area contributed by atoms with Crippen LogP contribution in [0.1, 0.15) is 67.8 Å². The van der Waals surface area contributed by atoms with Crippen molar-refractivity contribution < 1.29 is 17.6 Å². The van der Waals surface area contributed by atoms with E-state index in [1.807, 2.05) is 26.0 Å². The number of sulfone groups is 1. The molecule has 5 nitrogen and oxygen atoms in total. The Balaban J connectivity index is 2.20. The summed E-state index contributed by atoms with van der Waals surface area (Å²) in [6, 6.07) is 10.8. The lowest BCUT2D eigenvalue weighted by molar-refractivity contribution is 0.0892. The second kappa shape index (κ2) is 8.08. The Labute approximate surface area is 155 Å². The Bertz CT molecular complexity index is 850. The Morgan fingerprint density at radius 2 is 1.62 bits per heavy atom. The molecule has 2 atom stereocenters. The van der Waals surface area contributed by atoms with E-state index in [-0.39, 0.29) is 22.8 Å². The maximum atomic E-state index is 12.5. The van der Waals surface area contributed by atoms with Crippen LogP contribution < -0.4 is 5.32 Å². The third-order valence-corrected chi connectivity index (χ3v) is 5.55. The van der Waals surface area contributed by atoms with Gasteiger partial charge in [-0.05, 0) is 41.5 Å². The lowest BCUT2D eigenvalue weighted by atomic mass is 9.92. The van der Waals surface area contributed by atoms with Crippen molar-refractivity contribution >= 4 is 15.7 Å². The highest BCUT2D eigenvalue weighted by Crippen LogP contribution is 2.26. The van der Waals surface area contributed by atoms with Gasteiger partial charge in [0.2, 0.25) is 14.9 Å². The van der Waals surface area contributed by atoms with E-state index < -0.39 is 15.7 Å². The fourth-order valence-corrected chi connectivity index (χ4v) is 3.31. The molecular formula is C20H27NO4S. The SMILES string of the molecule is CCC(C)c1ccc(C(NC(=O)c2ccc(S(C)(=O)=O)o2)C(C)C)cc1. The molecule has 0 aliphatic carbocycles. The highest BCUT2D eigenvalue weighted by atomic mass is 32.2. The Morgan fingerprint density at radius 1 is 1.04 bits per heavy atom. The summed E-state index contributed by atoms with van der Waals surface area (Å²) in [5.74, 6) is 0.225. The van der Waals surface area contributed by atoms with E-state index in [1.165, 1.54) is 17.7 Å². The van der Waals surface area contributed by atoms with Crippen molar-refractivity contribution in [2.45, 2.75) is 51.2 Å². The lowest BCUT2D eigenvalue weighted by Gasteiger charge is -2.23. The van der Waals surface area contributed by atoms with Gasteiger partial charge in [-0.2, -0.15) is 0 Å². The summed E-state index contributed by atoms with van der Waals surface area (Å²) in [5.41, 5.74) is 2.28. The first-order valence-electron chi connectivity index (χ1n) is 8.84. The minimum absolute atomic E-state index is 0.00713. The number of amides is 1. The average Bonchev–Trinajstić information content (AvgIpc) is 3.09. The molecule has 2 aromatic rings. The Kier molecular flexibility index (Phi) is 6.29. The number of furan rings is 1. The van der Waals surface area contributed by atoms with Gasteiger partial charge in [0.25, 0.3) is 5.91 Å². The molecule has 1 aromatic carbocycles. The summed E-state index contributed by atoms with van der Waals surface area (Å²) in [4.78, 5) is 12.5. The second-order valence-corrected chi connectivity index (χ2v) is 9.01. The van der Waals surface area contributed by atoms with Crippen LogP contribution in [0.25, 0.3) is 0 Å². The second-order valence-electron chi connectivity index (χ2n) is 7.06. The fourth-order valence-electron chi connectivity index (χ4n) is 2.76. The molecule has 6 heteroatoms. The molecule has 0 aliphatic rings. The molecule has 0 bridgehead atoms. The maximum Gasteiger partial charge on any atom is 0.287 e. The number of hydrogen-bond donors (Lipinski definition) is 1. The highest BCUT2D eigenvalue weighted by Gasteiger charge is 2.22. The quantitative estimate of drug-likeness (QED) is 0.779. The molecule has 0 spiro atoms. The van der Waals surface area contributed by atoms with Crippen LogP contribution in [0.4, 0.5) is 0 Å². The fraction of sp³-hybridized carbons (Fsp3) is 0.450. The van der Waals surface area contributed by atoms with Gasteiger partial charge < -0.3 is 9.73 Å². The van der Waals surface area contributed by atoms with Gasteiger partial charge in [0.05, 0.1) is 6.04 Å². The van der Waals surface area contributed by atoms with Gasteiger partial charge in [-0.25, -0.2) is 8.42 Å². The molecule has 0 aliphatic heterocycles. The monoisotopic (exact) mass is 377 g/mol. The first-order valence-corrected chi connectivity index (χ1v) is 10.7. The van der Waals surface area contributed by atoms with Crippen LogP contribution in [0.15, 0.2) is 45.9 Å². The zero-order valence-corrected chi connectivity index (χ0v) is 16.8. The van der Waals surface area contributed by atoms with Gasteiger partial charge in [0.15, 0.2) is 5.76 Å². The Hall–Kier alpha value is -2.08. The van der Waals surface area contributed by atoms with E-state index in [0.717, 1.165) is 18.2 Å². The number of hydrogen-bond acceptors (Lipinski definition) is 4. The molecule has 0 saturated heterocycles. The number of carbonyl (C=O) groups is 1. The molecule has 2 rings (SSSR count). The molecule has 26 heavy (non-hydrogen) atoms. The third kappa shape index (κ3) is 4.75. The number of carbonyl (C=O) groups excluding carboxylic acids is 1. The van der Waals surface area contributed by atoms with Crippen molar-refractivity contribution in [1.29, 1.82) is 0 Å². The molecule has 1 aromatic heterocycles. The first kappa shape index (κ1) is 20.2. The van der Waals surface area contributed by atoms with Crippen LogP contribution in [0.5, 0.6) is 0 Å². The van der Waals surface area contributed by atoms with E-state index in [2.05, 4.69) is 31.3 Å². The molecule has 142 valence electrons. The van der Waals surface area contributed by atoms with Crippen molar-refractivity contribution in [3.63, 3.8) is 0 Å². The summed E-state index contributed by atoms with van der Waals surface area (Å²) in [5, 5.41) is 2.74. The number of benzene rings is 1. The molecular weight excluding hydrogens is 350 g/mol. The predicted molar refractivity (Wildman–Crippen MR) is 102 cm³/mol. The zero-order chi connectivity index (χ0) is 19.5. The summed E-state index contributed by atoms with van der Waals surface area (Å²) >= 11 is 0. The van der Waals surface area contributed by atoms with Gasteiger partial charge in [-0.15, -0.1) is 0 Å². The standard InChI is InChI=1S/C20H27NO4S/c1-6-14(4)15-7-9-16(10-8-15)19(13(2)3)21-20(22)17-11-12-18(25-17)26(5,23)24/h7-14,19H,6H2,1-5H3,(H,21,22). The van der Waals surface area contributed by atoms with E-state index in [4.69, 9.17) is 4.42 Å². The minimum Gasteiger partial charge on any atom is -0.440 e. The number of rotatable bonds is 7. The zero-order valence-electron chi connectivity index (χ0n) is 15.9. The molecule has 0 saturated carbocycles. The van der Waals surface area contributed by atoms with Crippen molar-refractivity contribution in [2.75, 3.05) is 6.26 Å². The summed E-state index contributed by atoms with van der Waals surface area (Å²) < 4.78 is 28.2. The van der Waals surface area contributed by atoms with E-state index in [0.29, 0.717) is 5.92 Å². The van der Waals surface area contributed by atoms with Crippen LogP contribution in [-0.4, -0.2) is 20.6 Å². The van der Waals surface area contributed by atoms with Gasteiger partial charge in [0, 0.05) is 6.26 Å². The molecule has 1 heterocycles. The first-order chi connectivity index (χ1) is 12.1. The summed E-state index contributed by atoms with van der Waals surface area (Å²) in [6.07, 6.45) is 2.12. The topological polar surface area (TPSA) is 76.4 Å². The van der Waals surface area contributed by atoms with Crippen molar-refractivity contribution in [2.24, 2.45) is 5.92 Å². The Morgan fingerprint density at radius 3 is 2.08 bits per heavy atom. The van der Waals surface area contributed by atoms with E-state index in [9.17, 15) is 13.2 Å². The normalized spacial score (nSPS) is 14.2. The van der Waals surface area contributed by atoms with Gasteiger partial charge in [-0.1, -0.05) is 52.0 Å². The smallest absolute Gasteiger partial charge is 0.287 e. The lowest BCUT2D eigenvalue weighted by Crippen LogP contribution is -2.31. The van der Waals surface area contributed by atoms with Crippen LogP contribution in [0.2, 0.25) is 0 Å². The summed E-state index contributed by atoms with van der Waals surface area (Å²) in [6.45, 7) is 8.39. The van der Waals surface area contributed by atoms with Crippen LogP contribution >= 0.6 is 0 Å². The molecule has 0 radical (unpaired) electrons. The van der Waals surface area contributed by atoms with Gasteiger partial charge >= 0.3 is 0 Å². The number of nitrogens with one attached hydrogen (secondary N) is 1. The highest BCUT2D eigenvalue weighted by molar-refractivity contribution is 7.90. The van der Waals surface area contributed by atoms with Gasteiger partial charge in [0.1, 0.15) is 0 Å². The van der Waals surface area contributed by atoms with E-state index in [1.54, 1.807) is 0 Å². The summed E-state index contributed by atoms with van der Waals surface area (Å²) in [7, 11) is -3.47. The minimum atomic E-state index is -3.47. The van der Waals surface area contributed by atoms with Crippen LogP contribution in [-0.2, 0) is 9.84 Å². The maximum absolute atomic E-state index is 12.5. The average molecular weight is 378 g/mol. The van der Waals surface area contributed by atoms with Crippen LogP contribution in [0.3, 0.4) is 0 Å². The van der Waals surface area contributed by atoms with Crippen molar-refractivity contribution in [1.82, 2.24) is 5.32 Å². The van der Waals surface area contributed by atoms with Crippen molar-refractivity contribution in [3.8, 4) is 0 Å². The molecule has 0 fully saturated rings. The predicted octanol–water partition coefficient (Wildman–Crippen LogP) is 4.32. The van der Waals surface area contributed by atoms with Crippen LogP contribution in [0, 0.1) is 5.92 Å². The molecule has 1 amide bonds. The van der Waals surface area contributed by atoms with Gasteiger partial charge in [-0.3, -0.25) is 4.79 Å². The molecule has 1 N–H and O–H groups in total. The third-order valence-electron chi connectivity index (χ3n) is 4.60. The largest absolute Gasteiger partial charge is 0.440 e. The van der Waals surface area contributed by atoms with Crippen molar-refractivity contribution in [3.05, 3.63) is 53.3 Å². The molecule has 2 unspecified atom stereocenters. The van der Waals surface area contributed by atoms with E-state index >= 15 is 0 Å².